The van der Waals surface area contributed by atoms with Gasteiger partial charge in [0, 0.05) is 12.4 Å². The molecular formula is C15H14F2IN3O2. The highest BCUT2D eigenvalue weighted by Gasteiger charge is 2.12. The Morgan fingerprint density at radius 3 is 2.83 bits per heavy atom. The van der Waals surface area contributed by atoms with Crippen molar-refractivity contribution >= 4 is 34.3 Å². The van der Waals surface area contributed by atoms with Gasteiger partial charge in [0.2, 0.25) is 0 Å². The van der Waals surface area contributed by atoms with Gasteiger partial charge in [-0.1, -0.05) is 12.1 Å². The van der Waals surface area contributed by atoms with Crippen LogP contribution in [0.5, 0.6) is 5.75 Å². The van der Waals surface area contributed by atoms with Crippen LogP contribution in [0.3, 0.4) is 0 Å². The van der Waals surface area contributed by atoms with E-state index in [4.69, 9.17) is 0 Å². The Balaban J connectivity index is 1.99. The molecule has 1 atom stereocenters. The Bertz CT molecular complexity index is 685. The summed E-state index contributed by atoms with van der Waals surface area (Å²) >= 11 is 2.06. The number of carbonyl (C=O) groups excluding carboxylic acids is 1. The van der Waals surface area contributed by atoms with Gasteiger partial charge >= 0.3 is 12.6 Å². The molecule has 0 radical (unpaired) electrons. The number of carbonyl (C=O) groups is 1. The molecule has 2 amide bonds. The average molecular weight is 433 g/mol. The summed E-state index contributed by atoms with van der Waals surface area (Å²) in [6, 6.07) is 7.12. The van der Waals surface area contributed by atoms with Crippen LogP contribution in [0.1, 0.15) is 18.5 Å². The first kappa shape index (κ1) is 17.4. The van der Waals surface area contributed by atoms with Gasteiger partial charge in [-0.2, -0.15) is 8.78 Å². The predicted molar refractivity (Wildman–Crippen MR) is 90.6 cm³/mol. The van der Waals surface area contributed by atoms with Gasteiger partial charge in [0.25, 0.3) is 0 Å². The lowest BCUT2D eigenvalue weighted by Gasteiger charge is -2.16. The van der Waals surface area contributed by atoms with E-state index in [2.05, 4.69) is 42.9 Å². The minimum Gasteiger partial charge on any atom is -0.435 e. The summed E-state index contributed by atoms with van der Waals surface area (Å²) in [7, 11) is 0. The number of ether oxygens (including phenoxy) is 1. The van der Waals surface area contributed by atoms with Crippen molar-refractivity contribution in [1.29, 1.82) is 0 Å². The van der Waals surface area contributed by atoms with E-state index in [0.29, 0.717) is 11.3 Å². The summed E-state index contributed by atoms with van der Waals surface area (Å²) in [5, 5.41) is 5.44. The molecular weight excluding hydrogens is 419 g/mol. The molecule has 0 spiro atoms. The SMILES string of the molecule is C[C@H](NC(=O)Nc1ccncc1I)c1cccc(OC(F)F)c1. The maximum atomic E-state index is 12.2. The number of benzene rings is 1. The fourth-order valence-corrected chi connectivity index (χ4v) is 2.35. The van der Waals surface area contributed by atoms with E-state index in [9.17, 15) is 13.6 Å². The predicted octanol–water partition coefficient (Wildman–Crippen LogP) is 4.17. The normalized spacial score (nSPS) is 11.9. The molecule has 0 saturated carbocycles. The van der Waals surface area contributed by atoms with Crippen molar-refractivity contribution in [3.63, 3.8) is 0 Å². The number of urea groups is 1. The molecule has 122 valence electrons. The number of nitrogens with one attached hydrogen (secondary N) is 2. The largest absolute Gasteiger partial charge is 0.435 e. The molecule has 0 saturated heterocycles. The number of hydrogen-bond acceptors (Lipinski definition) is 3. The molecule has 0 bridgehead atoms. The van der Waals surface area contributed by atoms with Gasteiger partial charge in [0.1, 0.15) is 5.75 Å². The van der Waals surface area contributed by atoms with E-state index < -0.39 is 12.6 Å². The number of anilines is 1. The summed E-state index contributed by atoms with van der Waals surface area (Å²) < 4.78 is 29.6. The zero-order valence-electron chi connectivity index (χ0n) is 12.1. The number of hydrogen-bond donors (Lipinski definition) is 2. The molecule has 0 aliphatic heterocycles. The summed E-state index contributed by atoms with van der Waals surface area (Å²) in [5.41, 5.74) is 1.29. The third-order valence-corrected chi connectivity index (χ3v) is 3.81. The van der Waals surface area contributed by atoms with Gasteiger partial charge in [0.15, 0.2) is 0 Å². The van der Waals surface area contributed by atoms with Crippen molar-refractivity contribution in [2.75, 3.05) is 5.32 Å². The average Bonchev–Trinajstić information content (AvgIpc) is 2.49. The number of rotatable bonds is 5. The van der Waals surface area contributed by atoms with E-state index >= 15 is 0 Å². The van der Waals surface area contributed by atoms with Crippen LogP contribution in [0.4, 0.5) is 19.3 Å². The Morgan fingerprint density at radius 2 is 2.13 bits per heavy atom. The standard InChI is InChI=1S/C15H14F2IN3O2/c1-9(10-3-2-4-11(7-10)23-14(16)17)20-15(22)21-13-5-6-19-8-12(13)18/h2-9,14H,1H3,(H2,19,20,21,22)/t9-/m0/s1. The molecule has 2 rings (SSSR count). The summed E-state index contributed by atoms with van der Waals surface area (Å²) in [4.78, 5) is 16.0. The van der Waals surface area contributed by atoms with Crippen LogP contribution < -0.4 is 15.4 Å². The molecule has 1 aromatic carbocycles. The number of nitrogens with zero attached hydrogens (tertiary/aromatic N) is 1. The summed E-state index contributed by atoms with van der Waals surface area (Å²) in [5.74, 6) is 0.0511. The first-order chi connectivity index (χ1) is 11.0. The highest BCUT2D eigenvalue weighted by atomic mass is 127. The number of pyridine rings is 1. The van der Waals surface area contributed by atoms with E-state index in [-0.39, 0.29) is 11.8 Å². The Labute approximate surface area is 145 Å². The van der Waals surface area contributed by atoms with Crippen molar-refractivity contribution in [2.45, 2.75) is 19.6 Å². The van der Waals surface area contributed by atoms with Gasteiger partial charge in [0.05, 0.1) is 15.3 Å². The van der Waals surface area contributed by atoms with E-state index in [1.807, 2.05) is 0 Å². The molecule has 8 heteroatoms. The quantitative estimate of drug-likeness (QED) is 0.696. The molecule has 0 aliphatic rings. The maximum Gasteiger partial charge on any atom is 0.387 e. The van der Waals surface area contributed by atoms with Gasteiger partial charge in [-0.15, -0.1) is 0 Å². The first-order valence-electron chi connectivity index (χ1n) is 6.67. The number of alkyl halides is 2. The van der Waals surface area contributed by atoms with Crippen LogP contribution in [0, 0.1) is 3.57 Å². The molecule has 0 aliphatic carbocycles. The van der Waals surface area contributed by atoms with E-state index in [1.54, 1.807) is 37.5 Å². The second-order valence-corrected chi connectivity index (χ2v) is 5.79. The molecule has 0 fully saturated rings. The lowest BCUT2D eigenvalue weighted by atomic mass is 10.1. The van der Waals surface area contributed by atoms with Crippen molar-refractivity contribution in [3.05, 3.63) is 51.9 Å². The van der Waals surface area contributed by atoms with Crippen molar-refractivity contribution in [1.82, 2.24) is 10.3 Å². The molecule has 23 heavy (non-hydrogen) atoms. The second kappa shape index (κ2) is 8.04. The third-order valence-electron chi connectivity index (χ3n) is 2.95. The molecule has 1 aromatic heterocycles. The van der Waals surface area contributed by atoms with Crippen LogP contribution in [-0.4, -0.2) is 17.6 Å². The zero-order chi connectivity index (χ0) is 16.8. The van der Waals surface area contributed by atoms with E-state index in [1.165, 1.54) is 12.1 Å². The minimum absolute atomic E-state index is 0.0511. The van der Waals surface area contributed by atoms with Crippen molar-refractivity contribution in [3.8, 4) is 5.75 Å². The van der Waals surface area contributed by atoms with Crippen LogP contribution in [0.2, 0.25) is 0 Å². The maximum absolute atomic E-state index is 12.2. The van der Waals surface area contributed by atoms with Crippen LogP contribution in [0.25, 0.3) is 0 Å². The van der Waals surface area contributed by atoms with Gasteiger partial charge in [-0.3, -0.25) is 4.98 Å². The second-order valence-electron chi connectivity index (χ2n) is 4.63. The van der Waals surface area contributed by atoms with E-state index in [0.717, 1.165) is 3.57 Å². The molecule has 1 heterocycles. The zero-order valence-corrected chi connectivity index (χ0v) is 14.3. The third kappa shape index (κ3) is 5.31. The monoisotopic (exact) mass is 433 g/mol. The van der Waals surface area contributed by atoms with Gasteiger partial charge in [-0.25, -0.2) is 4.79 Å². The van der Waals surface area contributed by atoms with Crippen LogP contribution in [-0.2, 0) is 0 Å². The van der Waals surface area contributed by atoms with Gasteiger partial charge < -0.3 is 15.4 Å². The van der Waals surface area contributed by atoms with Crippen LogP contribution >= 0.6 is 22.6 Å². The van der Waals surface area contributed by atoms with Crippen LogP contribution in [0.15, 0.2) is 42.7 Å². The highest BCUT2D eigenvalue weighted by molar-refractivity contribution is 14.1. The summed E-state index contributed by atoms with van der Waals surface area (Å²) in [6.45, 7) is -1.14. The molecule has 0 unspecified atom stereocenters. The topological polar surface area (TPSA) is 63.2 Å². The Kier molecular flexibility index (Phi) is 6.08. The Morgan fingerprint density at radius 1 is 1.35 bits per heavy atom. The fraction of sp³-hybridized carbons (Fsp3) is 0.200. The lowest BCUT2D eigenvalue weighted by Crippen LogP contribution is -2.31. The van der Waals surface area contributed by atoms with Crippen molar-refractivity contribution in [2.24, 2.45) is 0 Å². The molecule has 2 aromatic rings. The fourth-order valence-electron chi connectivity index (χ4n) is 1.88. The Hall–Kier alpha value is -1.97. The number of halogens is 3. The molecule has 2 N–H and O–H groups in total. The summed E-state index contributed by atoms with van der Waals surface area (Å²) in [6.07, 6.45) is 3.21. The minimum atomic E-state index is -2.88. The smallest absolute Gasteiger partial charge is 0.387 e. The van der Waals surface area contributed by atoms with Crippen molar-refractivity contribution < 1.29 is 18.3 Å². The number of aromatic nitrogens is 1. The molecule has 5 nitrogen and oxygen atoms in total. The highest BCUT2D eigenvalue weighted by Crippen LogP contribution is 2.21. The lowest BCUT2D eigenvalue weighted by molar-refractivity contribution is -0.0499. The first-order valence-corrected chi connectivity index (χ1v) is 7.75. The van der Waals surface area contributed by atoms with Gasteiger partial charge in [-0.05, 0) is 53.3 Å². The number of amides is 2.